The summed E-state index contributed by atoms with van der Waals surface area (Å²) in [5.41, 5.74) is 3.18. The molecule has 1 atom stereocenters. The maximum absolute atomic E-state index is 11.4. The van der Waals surface area contributed by atoms with Crippen molar-refractivity contribution in [1.82, 2.24) is 20.0 Å². The van der Waals surface area contributed by atoms with Gasteiger partial charge in [0.15, 0.2) is 0 Å². The van der Waals surface area contributed by atoms with Gasteiger partial charge in [-0.05, 0) is 41.0 Å². The molecule has 2 aromatic heterocycles. The van der Waals surface area contributed by atoms with E-state index in [1.54, 1.807) is 12.4 Å². The monoisotopic (exact) mass is 474 g/mol. The largest absolute Gasteiger partial charge is 0.308 e. The highest BCUT2D eigenvalue weighted by molar-refractivity contribution is 9.10. The van der Waals surface area contributed by atoms with Gasteiger partial charge in [0.05, 0.1) is 6.26 Å². The van der Waals surface area contributed by atoms with E-state index in [4.69, 9.17) is 0 Å². The molecule has 0 fully saturated rings. The van der Waals surface area contributed by atoms with Crippen LogP contribution in [0, 0.1) is 0 Å². The molecule has 0 aliphatic rings. The van der Waals surface area contributed by atoms with E-state index in [-0.39, 0.29) is 12.0 Å². The van der Waals surface area contributed by atoms with Crippen LogP contribution in [0.4, 0.5) is 0 Å². The lowest BCUT2D eigenvalue weighted by molar-refractivity contribution is 0.483. The Kier molecular flexibility index (Phi) is 7.49. The highest BCUT2D eigenvalue weighted by Gasteiger charge is 2.27. The van der Waals surface area contributed by atoms with Crippen molar-refractivity contribution < 1.29 is 8.42 Å². The van der Waals surface area contributed by atoms with Gasteiger partial charge in [0, 0.05) is 54.3 Å². The average Bonchev–Trinajstić information content (AvgIpc) is 2.71. The van der Waals surface area contributed by atoms with E-state index in [0.29, 0.717) is 13.1 Å². The van der Waals surface area contributed by atoms with Gasteiger partial charge in [0.2, 0.25) is 10.0 Å². The lowest BCUT2D eigenvalue weighted by Crippen LogP contribution is -2.35. The third kappa shape index (κ3) is 6.43. The van der Waals surface area contributed by atoms with Gasteiger partial charge >= 0.3 is 0 Å². The first-order valence-corrected chi connectivity index (χ1v) is 11.9. The van der Waals surface area contributed by atoms with Crippen LogP contribution in [0.25, 0.3) is 0 Å². The number of rotatable bonds is 9. The molecular formula is C21H23BrN4O2S. The van der Waals surface area contributed by atoms with Crippen LogP contribution >= 0.6 is 15.9 Å². The molecule has 0 saturated carbocycles. The topological polar surface area (TPSA) is 84.0 Å². The van der Waals surface area contributed by atoms with E-state index in [1.165, 1.54) is 0 Å². The first-order chi connectivity index (χ1) is 13.9. The van der Waals surface area contributed by atoms with Gasteiger partial charge in [0.25, 0.3) is 0 Å². The van der Waals surface area contributed by atoms with Crippen LogP contribution in [0.5, 0.6) is 0 Å². The lowest BCUT2D eigenvalue weighted by atomic mass is 9.83. The Morgan fingerprint density at radius 1 is 0.931 bits per heavy atom. The summed E-state index contributed by atoms with van der Waals surface area (Å²) in [6, 6.07) is 15.9. The fraction of sp³-hybridized carbons (Fsp3) is 0.238. The Bertz CT molecular complexity index is 978. The summed E-state index contributed by atoms with van der Waals surface area (Å²) in [5.74, 6) is -0.0510. The summed E-state index contributed by atoms with van der Waals surface area (Å²) >= 11 is 3.56. The minimum Gasteiger partial charge on any atom is -0.308 e. The van der Waals surface area contributed by atoms with Crippen LogP contribution in [0.3, 0.4) is 0 Å². The molecular weight excluding hydrogens is 452 g/mol. The molecule has 29 heavy (non-hydrogen) atoms. The molecule has 8 heteroatoms. The van der Waals surface area contributed by atoms with Crippen LogP contribution < -0.4 is 10.0 Å². The molecule has 2 heterocycles. The maximum atomic E-state index is 11.4. The Morgan fingerprint density at radius 2 is 1.55 bits per heavy atom. The van der Waals surface area contributed by atoms with Crippen LogP contribution in [0.2, 0.25) is 0 Å². The predicted octanol–water partition coefficient (Wildman–Crippen LogP) is 3.25. The van der Waals surface area contributed by atoms with E-state index in [9.17, 15) is 8.42 Å². The summed E-state index contributed by atoms with van der Waals surface area (Å²) in [7, 11) is -3.24. The molecule has 0 bridgehead atoms. The van der Waals surface area contributed by atoms with Crippen LogP contribution in [0.1, 0.15) is 28.7 Å². The summed E-state index contributed by atoms with van der Waals surface area (Å²) < 4.78 is 26.3. The summed E-state index contributed by atoms with van der Waals surface area (Å²) in [5, 5.41) is 3.53. The predicted molar refractivity (Wildman–Crippen MR) is 118 cm³/mol. The Hall–Kier alpha value is -2.13. The Labute approximate surface area is 180 Å². The number of nitrogens with one attached hydrogen (secondary N) is 2. The van der Waals surface area contributed by atoms with E-state index < -0.39 is 10.0 Å². The molecule has 0 saturated heterocycles. The average molecular weight is 475 g/mol. The third-order valence-corrected chi connectivity index (χ3v) is 5.70. The molecule has 3 aromatic rings. The normalized spacial score (nSPS) is 12.8. The first kappa shape index (κ1) is 21.6. The van der Waals surface area contributed by atoms with Gasteiger partial charge in [-0.1, -0.05) is 40.2 Å². The standard InChI is InChI=1S/C21H23BrN4O2S/c1-29(27,28)26-12-11-25-21(16-5-2-8-19(22)13-16)20(17-6-3-9-23-14-17)18-7-4-10-24-15-18/h2-10,13-15,20-21,25-26H,11-12H2,1H3. The van der Waals surface area contributed by atoms with E-state index in [2.05, 4.69) is 48.1 Å². The summed E-state index contributed by atoms with van der Waals surface area (Å²) in [6.45, 7) is 0.775. The number of aromatic nitrogens is 2. The molecule has 0 spiro atoms. The van der Waals surface area contributed by atoms with E-state index in [1.807, 2.05) is 48.8 Å². The van der Waals surface area contributed by atoms with E-state index in [0.717, 1.165) is 27.4 Å². The van der Waals surface area contributed by atoms with Crippen molar-refractivity contribution in [2.45, 2.75) is 12.0 Å². The van der Waals surface area contributed by atoms with Gasteiger partial charge < -0.3 is 5.32 Å². The molecule has 0 aliphatic heterocycles. The number of halogens is 1. The summed E-state index contributed by atoms with van der Waals surface area (Å²) in [4.78, 5) is 8.61. The summed E-state index contributed by atoms with van der Waals surface area (Å²) in [6.07, 6.45) is 8.38. The molecule has 0 aliphatic carbocycles. The Morgan fingerprint density at radius 3 is 2.07 bits per heavy atom. The molecule has 6 nitrogen and oxygen atoms in total. The smallest absolute Gasteiger partial charge is 0.208 e. The second-order valence-corrected chi connectivity index (χ2v) is 9.45. The van der Waals surface area contributed by atoms with Crippen molar-refractivity contribution in [2.75, 3.05) is 19.3 Å². The zero-order valence-electron chi connectivity index (χ0n) is 16.0. The fourth-order valence-corrected chi connectivity index (χ4v) is 4.18. The maximum Gasteiger partial charge on any atom is 0.208 e. The molecule has 2 N–H and O–H groups in total. The molecule has 1 unspecified atom stereocenters. The van der Waals surface area contributed by atoms with Crippen LogP contribution in [-0.2, 0) is 10.0 Å². The fourth-order valence-electron chi connectivity index (χ4n) is 3.29. The minimum absolute atomic E-state index is 0.0510. The zero-order chi connectivity index (χ0) is 20.7. The van der Waals surface area contributed by atoms with Crippen LogP contribution in [-0.4, -0.2) is 37.7 Å². The number of hydrogen-bond donors (Lipinski definition) is 2. The highest BCUT2D eigenvalue weighted by atomic mass is 79.9. The number of pyridine rings is 2. The Balaban J connectivity index is 1.98. The highest BCUT2D eigenvalue weighted by Crippen LogP contribution is 2.36. The zero-order valence-corrected chi connectivity index (χ0v) is 18.4. The van der Waals surface area contributed by atoms with Gasteiger partial charge in [-0.25, -0.2) is 13.1 Å². The van der Waals surface area contributed by atoms with Crippen molar-refractivity contribution in [3.05, 3.63) is 94.5 Å². The number of nitrogens with zero attached hydrogens (tertiary/aromatic N) is 2. The molecule has 0 amide bonds. The van der Waals surface area contributed by atoms with Gasteiger partial charge in [-0.2, -0.15) is 0 Å². The third-order valence-electron chi connectivity index (χ3n) is 4.48. The molecule has 1 aromatic carbocycles. The minimum atomic E-state index is -3.24. The van der Waals surface area contributed by atoms with Crippen molar-refractivity contribution in [1.29, 1.82) is 0 Å². The molecule has 152 valence electrons. The van der Waals surface area contributed by atoms with Crippen molar-refractivity contribution in [3.63, 3.8) is 0 Å². The van der Waals surface area contributed by atoms with Crippen molar-refractivity contribution >= 4 is 26.0 Å². The first-order valence-electron chi connectivity index (χ1n) is 9.17. The molecule has 0 radical (unpaired) electrons. The van der Waals surface area contributed by atoms with Crippen molar-refractivity contribution in [2.24, 2.45) is 0 Å². The second kappa shape index (κ2) is 10.1. The van der Waals surface area contributed by atoms with Crippen molar-refractivity contribution in [3.8, 4) is 0 Å². The molecule has 3 rings (SSSR count). The number of hydrogen-bond acceptors (Lipinski definition) is 5. The second-order valence-electron chi connectivity index (χ2n) is 6.70. The van der Waals surface area contributed by atoms with E-state index >= 15 is 0 Å². The SMILES string of the molecule is CS(=O)(=O)NCCNC(c1cccc(Br)c1)C(c1cccnc1)c1cccnc1. The van der Waals surface area contributed by atoms with Crippen LogP contribution in [0.15, 0.2) is 77.8 Å². The van der Waals surface area contributed by atoms with Gasteiger partial charge in [-0.3, -0.25) is 9.97 Å². The quantitative estimate of drug-likeness (QED) is 0.465. The van der Waals surface area contributed by atoms with Gasteiger partial charge in [0.1, 0.15) is 0 Å². The number of sulfonamides is 1. The number of benzene rings is 1. The lowest BCUT2D eigenvalue weighted by Gasteiger charge is -2.29. The van der Waals surface area contributed by atoms with Gasteiger partial charge in [-0.15, -0.1) is 0 Å².